The number of ether oxygens (including phenoxy) is 1. The van der Waals surface area contributed by atoms with Crippen LogP contribution >= 0.6 is 0 Å². The van der Waals surface area contributed by atoms with Crippen molar-refractivity contribution >= 4 is 35.4 Å². The lowest BCUT2D eigenvalue weighted by Crippen LogP contribution is -2.36. The molecule has 0 atom stereocenters. The zero-order chi connectivity index (χ0) is 20.8. The van der Waals surface area contributed by atoms with Crippen LogP contribution in [0.3, 0.4) is 0 Å². The summed E-state index contributed by atoms with van der Waals surface area (Å²) in [6.07, 6.45) is 2.38. The maximum absolute atomic E-state index is 11.9. The molecule has 2 aromatic rings. The Labute approximate surface area is 162 Å². The van der Waals surface area contributed by atoms with Gasteiger partial charge in [-0.15, -0.1) is 0 Å². The van der Waals surface area contributed by atoms with E-state index in [2.05, 4.69) is 20.4 Å². The van der Waals surface area contributed by atoms with Crippen LogP contribution in [0.5, 0.6) is 0 Å². The van der Waals surface area contributed by atoms with Gasteiger partial charge in [0.2, 0.25) is 0 Å². The van der Waals surface area contributed by atoms with Crippen LogP contribution in [0.2, 0.25) is 0 Å². The number of esters is 1. The Morgan fingerprint density at radius 3 is 2.43 bits per heavy atom. The van der Waals surface area contributed by atoms with Crippen LogP contribution in [0.4, 0.5) is 16.2 Å². The summed E-state index contributed by atoms with van der Waals surface area (Å²) in [5.41, 5.74) is 3.27. The third-order valence-electron chi connectivity index (χ3n) is 4.24. The maximum atomic E-state index is 11.9. The van der Waals surface area contributed by atoms with Gasteiger partial charge in [0.1, 0.15) is 5.71 Å². The third kappa shape index (κ3) is 3.83. The standard InChI is InChI=1S/C19H22N6O3/c1-11-13(6-8-15(22-2)16(11)17(21)18(26)28-4)14-7-5-12(9-24-14)25(10-20)19(27)23-3/h5-10,20-22H,1-4H3,(H,23,27). The number of rotatable bonds is 6. The van der Waals surface area contributed by atoms with Crippen LogP contribution in [0.15, 0.2) is 30.5 Å². The highest BCUT2D eigenvalue weighted by molar-refractivity contribution is 6.43. The second kappa shape index (κ2) is 8.76. The summed E-state index contributed by atoms with van der Waals surface area (Å²) in [6, 6.07) is 6.53. The maximum Gasteiger partial charge on any atom is 0.356 e. The number of methoxy groups -OCH3 is 1. The molecule has 2 rings (SSSR count). The van der Waals surface area contributed by atoms with Crippen molar-refractivity contribution in [3.8, 4) is 11.3 Å². The van der Waals surface area contributed by atoms with Crippen LogP contribution in [0.25, 0.3) is 11.3 Å². The first kappa shape index (κ1) is 20.6. The molecular formula is C19H22N6O3. The fourth-order valence-electron chi connectivity index (χ4n) is 2.78. The second-order valence-corrected chi connectivity index (χ2v) is 5.73. The predicted molar refractivity (Wildman–Crippen MR) is 109 cm³/mol. The first-order valence-electron chi connectivity index (χ1n) is 8.36. The van der Waals surface area contributed by atoms with Gasteiger partial charge in [-0.2, -0.15) is 0 Å². The molecule has 0 radical (unpaired) electrons. The molecule has 0 spiro atoms. The number of aromatic nitrogens is 1. The number of benzene rings is 1. The summed E-state index contributed by atoms with van der Waals surface area (Å²) in [7, 11) is 4.42. The van der Waals surface area contributed by atoms with Crippen molar-refractivity contribution in [1.82, 2.24) is 10.3 Å². The molecule has 0 aliphatic heterocycles. The van der Waals surface area contributed by atoms with E-state index >= 15 is 0 Å². The lowest BCUT2D eigenvalue weighted by Gasteiger charge is -2.18. The lowest BCUT2D eigenvalue weighted by molar-refractivity contribution is -0.132. The van der Waals surface area contributed by atoms with Crippen LogP contribution < -0.4 is 15.5 Å². The summed E-state index contributed by atoms with van der Waals surface area (Å²) in [4.78, 5) is 29.2. The van der Waals surface area contributed by atoms with Crippen LogP contribution in [0, 0.1) is 17.7 Å². The molecule has 1 aromatic carbocycles. The van der Waals surface area contributed by atoms with Crippen molar-refractivity contribution in [1.29, 1.82) is 10.8 Å². The molecule has 9 heteroatoms. The molecule has 0 saturated heterocycles. The van der Waals surface area contributed by atoms with Crippen molar-refractivity contribution in [3.63, 3.8) is 0 Å². The van der Waals surface area contributed by atoms with Crippen molar-refractivity contribution < 1.29 is 14.3 Å². The first-order chi connectivity index (χ1) is 13.4. The van der Waals surface area contributed by atoms with E-state index < -0.39 is 12.0 Å². The number of hydrogen-bond donors (Lipinski definition) is 4. The van der Waals surface area contributed by atoms with E-state index in [1.165, 1.54) is 20.4 Å². The summed E-state index contributed by atoms with van der Waals surface area (Å²) in [5.74, 6) is -0.729. The Hall–Kier alpha value is -3.75. The highest BCUT2D eigenvalue weighted by Crippen LogP contribution is 2.30. The average Bonchev–Trinajstić information content (AvgIpc) is 2.73. The molecule has 2 amide bonds. The SMILES string of the molecule is CNC(=O)N(C=N)c1ccc(-c2ccc(NC)c(C(=N)C(=O)OC)c2C)nc1. The number of pyridine rings is 1. The monoisotopic (exact) mass is 382 g/mol. The van der Waals surface area contributed by atoms with E-state index in [0.29, 0.717) is 28.2 Å². The molecular weight excluding hydrogens is 360 g/mol. The van der Waals surface area contributed by atoms with Gasteiger partial charge in [0.05, 0.1) is 31.0 Å². The molecule has 0 aliphatic carbocycles. The fraction of sp³-hybridized carbons (Fsp3) is 0.211. The Morgan fingerprint density at radius 1 is 1.21 bits per heavy atom. The van der Waals surface area contributed by atoms with Gasteiger partial charge in [-0.25, -0.2) is 9.59 Å². The predicted octanol–water partition coefficient (Wildman–Crippen LogP) is 2.39. The van der Waals surface area contributed by atoms with Gasteiger partial charge in [-0.05, 0) is 30.7 Å². The largest absolute Gasteiger partial charge is 0.464 e. The number of amides is 2. The highest BCUT2D eigenvalue weighted by atomic mass is 16.5. The van der Waals surface area contributed by atoms with E-state index in [1.807, 2.05) is 6.07 Å². The van der Waals surface area contributed by atoms with Gasteiger partial charge >= 0.3 is 12.0 Å². The Bertz CT molecular complexity index is 924. The van der Waals surface area contributed by atoms with Crippen LogP contribution in [-0.4, -0.2) is 50.2 Å². The zero-order valence-electron chi connectivity index (χ0n) is 16.1. The van der Waals surface area contributed by atoms with E-state index in [0.717, 1.165) is 16.8 Å². The molecule has 9 nitrogen and oxygen atoms in total. The minimum absolute atomic E-state index is 0.252. The molecule has 0 fully saturated rings. The number of urea groups is 1. The average molecular weight is 382 g/mol. The number of nitrogens with one attached hydrogen (secondary N) is 4. The molecule has 0 unspecified atom stereocenters. The van der Waals surface area contributed by atoms with E-state index in [-0.39, 0.29) is 5.71 Å². The van der Waals surface area contributed by atoms with Crippen LogP contribution in [-0.2, 0) is 9.53 Å². The molecule has 0 saturated carbocycles. The number of carbonyl (C=O) groups excluding carboxylic acids is 2. The number of nitrogens with zero attached hydrogens (tertiary/aromatic N) is 2. The molecule has 0 aliphatic rings. The summed E-state index contributed by atoms with van der Waals surface area (Å²) in [6.45, 7) is 1.80. The normalized spacial score (nSPS) is 10.0. The number of carbonyl (C=O) groups is 2. The van der Waals surface area contributed by atoms with Gasteiger partial charge < -0.3 is 15.4 Å². The summed E-state index contributed by atoms with van der Waals surface area (Å²) in [5, 5.41) is 21.0. The molecule has 1 heterocycles. The molecule has 1 aromatic heterocycles. The summed E-state index contributed by atoms with van der Waals surface area (Å²) < 4.78 is 4.68. The van der Waals surface area contributed by atoms with Crippen LogP contribution in [0.1, 0.15) is 11.1 Å². The first-order valence-corrected chi connectivity index (χ1v) is 8.36. The molecule has 28 heavy (non-hydrogen) atoms. The topological polar surface area (TPSA) is 131 Å². The van der Waals surface area contributed by atoms with Crippen molar-refractivity contribution in [2.75, 3.05) is 31.4 Å². The van der Waals surface area contributed by atoms with E-state index in [4.69, 9.17) is 10.8 Å². The smallest absolute Gasteiger partial charge is 0.356 e. The fourth-order valence-corrected chi connectivity index (χ4v) is 2.78. The quantitative estimate of drug-likeness (QED) is 0.346. The molecule has 0 bridgehead atoms. The van der Waals surface area contributed by atoms with Gasteiger partial charge in [0.15, 0.2) is 0 Å². The van der Waals surface area contributed by atoms with E-state index in [1.54, 1.807) is 32.2 Å². The van der Waals surface area contributed by atoms with Crippen molar-refractivity contribution in [2.45, 2.75) is 6.92 Å². The number of hydrogen-bond acceptors (Lipinski definition) is 7. The minimum atomic E-state index is -0.729. The third-order valence-corrected chi connectivity index (χ3v) is 4.24. The van der Waals surface area contributed by atoms with Gasteiger partial charge in [-0.1, -0.05) is 6.07 Å². The highest BCUT2D eigenvalue weighted by Gasteiger charge is 2.21. The Kier molecular flexibility index (Phi) is 6.43. The minimum Gasteiger partial charge on any atom is -0.464 e. The Morgan fingerprint density at radius 2 is 1.93 bits per heavy atom. The lowest BCUT2D eigenvalue weighted by atomic mass is 9.94. The van der Waals surface area contributed by atoms with Crippen molar-refractivity contribution in [2.24, 2.45) is 0 Å². The van der Waals surface area contributed by atoms with Crippen molar-refractivity contribution in [3.05, 3.63) is 41.6 Å². The van der Waals surface area contributed by atoms with E-state index in [9.17, 15) is 9.59 Å². The molecule has 4 N–H and O–H groups in total. The van der Waals surface area contributed by atoms with Gasteiger partial charge in [0.25, 0.3) is 0 Å². The zero-order valence-corrected chi connectivity index (χ0v) is 16.1. The number of anilines is 2. The van der Waals surface area contributed by atoms with Gasteiger partial charge in [0, 0.05) is 30.9 Å². The second-order valence-electron chi connectivity index (χ2n) is 5.73. The molecule has 146 valence electrons. The Balaban J connectivity index is 2.51. The van der Waals surface area contributed by atoms with Gasteiger partial charge in [-0.3, -0.25) is 20.7 Å². The summed E-state index contributed by atoms with van der Waals surface area (Å²) >= 11 is 0.